The van der Waals surface area contributed by atoms with Gasteiger partial charge in [-0.25, -0.2) is 9.78 Å². The molecule has 0 atom stereocenters. The summed E-state index contributed by atoms with van der Waals surface area (Å²) in [5.74, 6) is -0.984. The van der Waals surface area contributed by atoms with Crippen molar-refractivity contribution in [1.82, 2.24) is 4.98 Å². The zero-order valence-electron chi connectivity index (χ0n) is 9.80. The fourth-order valence-corrected chi connectivity index (χ4v) is 2.36. The smallest absolute Gasteiger partial charge is 0.357 e. The maximum Gasteiger partial charge on any atom is 0.357 e. The largest absolute Gasteiger partial charge is 0.476 e. The fourth-order valence-electron chi connectivity index (χ4n) is 1.66. The third-order valence-electron chi connectivity index (χ3n) is 2.54. The number of hydrogen-bond donors (Lipinski definition) is 2. The Morgan fingerprint density at radius 3 is 2.83 bits per heavy atom. The molecule has 94 valence electrons. The second-order valence-electron chi connectivity index (χ2n) is 3.85. The number of anilines is 1. The van der Waals surface area contributed by atoms with Gasteiger partial charge in [0.25, 0.3) is 0 Å². The number of carbonyl (C=O) groups is 1. The van der Waals surface area contributed by atoms with Gasteiger partial charge in [0.1, 0.15) is 5.00 Å². The van der Waals surface area contributed by atoms with Gasteiger partial charge in [0.2, 0.25) is 0 Å². The van der Waals surface area contributed by atoms with Crippen LogP contribution in [-0.4, -0.2) is 22.6 Å². The van der Waals surface area contributed by atoms with Crippen LogP contribution in [0.25, 0.3) is 0 Å². The predicted molar refractivity (Wildman–Crippen MR) is 72.3 cm³/mol. The highest BCUT2D eigenvalue weighted by molar-refractivity contribution is 7.14. The Balaban J connectivity index is 1.79. The van der Waals surface area contributed by atoms with Gasteiger partial charge < -0.3 is 10.4 Å². The van der Waals surface area contributed by atoms with Crippen molar-refractivity contribution >= 4 is 22.3 Å². The number of carboxylic acid groups (broad SMARTS) is 1. The predicted octanol–water partition coefficient (Wildman–Crippen LogP) is 2.89. The van der Waals surface area contributed by atoms with Crippen LogP contribution in [0.4, 0.5) is 5.00 Å². The zero-order valence-corrected chi connectivity index (χ0v) is 10.6. The normalized spacial score (nSPS) is 10.2. The second-order valence-corrected chi connectivity index (χ2v) is 4.71. The molecule has 0 saturated heterocycles. The van der Waals surface area contributed by atoms with E-state index in [9.17, 15) is 4.79 Å². The summed E-state index contributed by atoms with van der Waals surface area (Å²) in [5, 5.41) is 12.6. The Hall–Kier alpha value is -1.88. The molecule has 0 spiro atoms. The number of aryl methyl sites for hydroxylation is 1. The van der Waals surface area contributed by atoms with Crippen LogP contribution in [-0.2, 0) is 6.42 Å². The maximum absolute atomic E-state index is 10.8. The molecule has 1 aromatic carbocycles. The van der Waals surface area contributed by atoms with Gasteiger partial charge in [-0.2, -0.15) is 0 Å². The molecular formula is C13H14N2O2S. The Morgan fingerprint density at radius 1 is 1.33 bits per heavy atom. The molecule has 2 aromatic rings. The van der Waals surface area contributed by atoms with E-state index in [0.29, 0.717) is 5.00 Å². The summed E-state index contributed by atoms with van der Waals surface area (Å²) in [6.07, 6.45) is 1.94. The minimum absolute atomic E-state index is 0.111. The molecule has 2 rings (SSSR count). The molecule has 0 radical (unpaired) electrons. The Morgan fingerprint density at radius 2 is 2.11 bits per heavy atom. The molecule has 1 aromatic heterocycles. The van der Waals surface area contributed by atoms with Gasteiger partial charge >= 0.3 is 5.97 Å². The molecule has 18 heavy (non-hydrogen) atoms. The molecule has 0 aliphatic carbocycles. The van der Waals surface area contributed by atoms with E-state index in [1.54, 1.807) is 5.51 Å². The van der Waals surface area contributed by atoms with E-state index in [1.807, 2.05) is 18.2 Å². The molecule has 0 aliphatic rings. The van der Waals surface area contributed by atoms with Crippen LogP contribution in [0.1, 0.15) is 22.5 Å². The second kappa shape index (κ2) is 6.16. The van der Waals surface area contributed by atoms with Gasteiger partial charge in [0, 0.05) is 6.54 Å². The van der Waals surface area contributed by atoms with Crippen molar-refractivity contribution in [3.05, 3.63) is 47.1 Å². The summed E-state index contributed by atoms with van der Waals surface area (Å²) in [7, 11) is 0. The van der Waals surface area contributed by atoms with Crippen molar-refractivity contribution in [2.24, 2.45) is 0 Å². The third kappa shape index (κ3) is 3.30. The first-order valence-electron chi connectivity index (χ1n) is 5.72. The summed E-state index contributed by atoms with van der Waals surface area (Å²) < 4.78 is 0. The number of rotatable bonds is 6. The highest BCUT2D eigenvalue weighted by atomic mass is 32.1. The van der Waals surface area contributed by atoms with Gasteiger partial charge in [-0.05, 0) is 18.4 Å². The molecule has 4 nitrogen and oxygen atoms in total. The molecule has 0 saturated carbocycles. The molecule has 0 bridgehead atoms. The van der Waals surface area contributed by atoms with E-state index >= 15 is 0 Å². The number of carboxylic acids is 1. The minimum atomic E-state index is -0.984. The van der Waals surface area contributed by atoms with Crippen LogP contribution in [0.15, 0.2) is 35.8 Å². The standard InChI is InChI=1S/C13H14N2O2S/c16-13(17)11-12(18-9-15-11)14-8-4-7-10-5-2-1-3-6-10/h1-3,5-6,9,14H,4,7-8H2,(H,16,17). The SMILES string of the molecule is O=C(O)c1ncsc1NCCCc1ccccc1. The van der Waals surface area contributed by atoms with Crippen LogP contribution >= 0.6 is 11.3 Å². The third-order valence-corrected chi connectivity index (χ3v) is 3.32. The molecule has 5 heteroatoms. The Labute approximate surface area is 109 Å². The van der Waals surface area contributed by atoms with Gasteiger partial charge in [-0.15, -0.1) is 11.3 Å². The lowest BCUT2D eigenvalue weighted by molar-refractivity contribution is 0.0692. The molecule has 2 N–H and O–H groups in total. The Bertz CT molecular complexity index is 511. The summed E-state index contributed by atoms with van der Waals surface area (Å²) in [6, 6.07) is 10.2. The van der Waals surface area contributed by atoms with Crippen molar-refractivity contribution in [3.63, 3.8) is 0 Å². The summed E-state index contributed by atoms with van der Waals surface area (Å²) in [4.78, 5) is 14.7. The van der Waals surface area contributed by atoms with Crippen LogP contribution < -0.4 is 5.32 Å². The number of aromatic carboxylic acids is 1. The lowest BCUT2D eigenvalue weighted by Gasteiger charge is -2.04. The van der Waals surface area contributed by atoms with Crippen LogP contribution in [0.3, 0.4) is 0 Å². The van der Waals surface area contributed by atoms with Gasteiger partial charge in [0.15, 0.2) is 5.69 Å². The summed E-state index contributed by atoms with van der Waals surface area (Å²) in [6.45, 7) is 0.747. The highest BCUT2D eigenvalue weighted by Crippen LogP contribution is 2.19. The van der Waals surface area contributed by atoms with E-state index in [1.165, 1.54) is 16.9 Å². The van der Waals surface area contributed by atoms with Crippen LogP contribution in [0.2, 0.25) is 0 Å². The first kappa shape index (κ1) is 12.6. The number of nitrogens with one attached hydrogen (secondary N) is 1. The van der Waals surface area contributed by atoms with Crippen molar-refractivity contribution in [2.45, 2.75) is 12.8 Å². The molecule has 0 unspecified atom stereocenters. The van der Waals surface area contributed by atoms with E-state index in [-0.39, 0.29) is 5.69 Å². The van der Waals surface area contributed by atoms with Gasteiger partial charge in [0.05, 0.1) is 5.51 Å². The molecule has 1 heterocycles. The van der Waals surface area contributed by atoms with E-state index in [2.05, 4.69) is 22.4 Å². The number of hydrogen-bond acceptors (Lipinski definition) is 4. The highest BCUT2D eigenvalue weighted by Gasteiger charge is 2.12. The van der Waals surface area contributed by atoms with E-state index in [4.69, 9.17) is 5.11 Å². The first-order valence-corrected chi connectivity index (χ1v) is 6.60. The van der Waals surface area contributed by atoms with E-state index < -0.39 is 5.97 Å². The van der Waals surface area contributed by atoms with Crippen molar-refractivity contribution in [1.29, 1.82) is 0 Å². The number of thiazole rings is 1. The maximum atomic E-state index is 10.8. The molecule has 0 amide bonds. The lowest BCUT2D eigenvalue weighted by atomic mass is 10.1. The topological polar surface area (TPSA) is 62.2 Å². The average Bonchev–Trinajstić information content (AvgIpc) is 2.84. The van der Waals surface area contributed by atoms with Crippen molar-refractivity contribution in [2.75, 3.05) is 11.9 Å². The fraction of sp³-hybridized carbons (Fsp3) is 0.231. The van der Waals surface area contributed by atoms with Gasteiger partial charge in [-0.1, -0.05) is 30.3 Å². The minimum Gasteiger partial charge on any atom is -0.476 e. The monoisotopic (exact) mass is 262 g/mol. The van der Waals surface area contributed by atoms with Crippen molar-refractivity contribution < 1.29 is 9.90 Å². The summed E-state index contributed by atoms with van der Waals surface area (Å²) >= 11 is 1.32. The first-order chi connectivity index (χ1) is 8.77. The van der Waals surface area contributed by atoms with Gasteiger partial charge in [-0.3, -0.25) is 0 Å². The lowest BCUT2D eigenvalue weighted by Crippen LogP contribution is -2.06. The molecule has 0 fully saturated rings. The van der Waals surface area contributed by atoms with E-state index in [0.717, 1.165) is 19.4 Å². The number of benzene rings is 1. The average molecular weight is 262 g/mol. The molecular weight excluding hydrogens is 248 g/mol. The van der Waals surface area contributed by atoms with Crippen LogP contribution in [0, 0.1) is 0 Å². The quantitative estimate of drug-likeness (QED) is 0.786. The molecule has 0 aliphatic heterocycles. The number of aromatic nitrogens is 1. The summed E-state index contributed by atoms with van der Waals surface area (Å²) in [5.41, 5.74) is 2.95. The van der Waals surface area contributed by atoms with Crippen molar-refractivity contribution in [3.8, 4) is 0 Å². The van der Waals surface area contributed by atoms with Crippen LogP contribution in [0.5, 0.6) is 0 Å². The zero-order chi connectivity index (χ0) is 12.8. The Kier molecular flexibility index (Phi) is 4.30. The number of nitrogens with zero attached hydrogens (tertiary/aromatic N) is 1.